The largest absolute Gasteiger partial charge is 0.491 e. The van der Waals surface area contributed by atoms with Crippen molar-refractivity contribution in [2.75, 3.05) is 26.4 Å². The summed E-state index contributed by atoms with van der Waals surface area (Å²) in [6, 6.07) is 7.82. The van der Waals surface area contributed by atoms with Gasteiger partial charge in [0, 0.05) is 17.9 Å². The molecule has 1 aromatic carbocycles. The summed E-state index contributed by atoms with van der Waals surface area (Å²) in [5.74, 6) is 2.95. The van der Waals surface area contributed by atoms with Crippen molar-refractivity contribution in [3.63, 3.8) is 0 Å². The van der Waals surface area contributed by atoms with Gasteiger partial charge in [-0.1, -0.05) is 19.9 Å². The molecular formula is C18H26O4. The van der Waals surface area contributed by atoms with Crippen molar-refractivity contribution in [3.05, 3.63) is 24.3 Å². The molecule has 3 rings (SSSR count). The molecule has 0 N–H and O–H groups in total. The van der Waals surface area contributed by atoms with E-state index in [1.807, 2.05) is 24.3 Å². The first-order valence-corrected chi connectivity index (χ1v) is 8.39. The summed E-state index contributed by atoms with van der Waals surface area (Å²) in [5, 5.41) is 0. The van der Waals surface area contributed by atoms with E-state index in [1.165, 1.54) is 0 Å². The standard InChI is InChI=1S/C18H26O4/c1-3-13-9-21-17(13)11-19-15-6-5-7-16(8-15)20-12-18-14(4-2)10-22-18/h5-8,13-14,17-18H,3-4,9-12H2,1-2H3. The maximum absolute atomic E-state index is 5.84. The van der Waals surface area contributed by atoms with Gasteiger partial charge in [0.15, 0.2) is 0 Å². The smallest absolute Gasteiger partial charge is 0.123 e. The van der Waals surface area contributed by atoms with Crippen LogP contribution in [0.3, 0.4) is 0 Å². The second kappa shape index (κ2) is 7.34. The van der Waals surface area contributed by atoms with Gasteiger partial charge in [-0.15, -0.1) is 0 Å². The predicted octanol–water partition coefficient (Wildman–Crippen LogP) is 3.29. The van der Waals surface area contributed by atoms with E-state index in [4.69, 9.17) is 18.9 Å². The highest BCUT2D eigenvalue weighted by molar-refractivity contribution is 5.33. The molecule has 0 aliphatic carbocycles. The van der Waals surface area contributed by atoms with Crippen molar-refractivity contribution in [2.24, 2.45) is 11.8 Å². The van der Waals surface area contributed by atoms with Crippen LogP contribution >= 0.6 is 0 Å². The molecule has 2 fully saturated rings. The van der Waals surface area contributed by atoms with E-state index in [0.29, 0.717) is 25.0 Å². The van der Waals surface area contributed by atoms with Gasteiger partial charge in [0.1, 0.15) is 24.7 Å². The Morgan fingerprint density at radius 3 is 1.77 bits per heavy atom. The molecular weight excluding hydrogens is 280 g/mol. The summed E-state index contributed by atoms with van der Waals surface area (Å²) < 4.78 is 22.7. The number of hydrogen-bond donors (Lipinski definition) is 0. The lowest BCUT2D eigenvalue weighted by Crippen LogP contribution is -2.43. The summed E-state index contributed by atoms with van der Waals surface area (Å²) in [6.45, 7) is 7.36. The minimum Gasteiger partial charge on any atom is -0.491 e. The monoisotopic (exact) mass is 306 g/mol. The zero-order chi connectivity index (χ0) is 15.4. The second-order valence-electron chi connectivity index (χ2n) is 6.18. The van der Waals surface area contributed by atoms with Crippen LogP contribution in [0, 0.1) is 11.8 Å². The first kappa shape index (κ1) is 15.6. The first-order chi connectivity index (χ1) is 10.8. The molecule has 1 aromatic rings. The fourth-order valence-corrected chi connectivity index (χ4v) is 2.88. The lowest BCUT2D eigenvalue weighted by Gasteiger charge is -2.36. The zero-order valence-electron chi connectivity index (χ0n) is 13.5. The van der Waals surface area contributed by atoms with E-state index in [9.17, 15) is 0 Å². The van der Waals surface area contributed by atoms with E-state index in [-0.39, 0.29) is 12.2 Å². The topological polar surface area (TPSA) is 36.9 Å². The molecule has 2 heterocycles. The summed E-state index contributed by atoms with van der Waals surface area (Å²) in [4.78, 5) is 0. The Morgan fingerprint density at radius 1 is 0.909 bits per heavy atom. The van der Waals surface area contributed by atoms with E-state index < -0.39 is 0 Å². The lowest BCUT2D eigenvalue weighted by atomic mass is 9.96. The van der Waals surface area contributed by atoms with Crippen LogP contribution in [0.4, 0.5) is 0 Å². The molecule has 0 radical (unpaired) electrons. The van der Waals surface area contributed by atoms with E-state index >= 15 is 0 Å². The molecule has 2 saturated heterocycles. The molecule has 0 saturated carbocycles. The highest BCUT2D eigenvalue weighted by Gasteiger charge is 2.31. The summed E-state index contributed by atoms with van der Waals surface area (Å²) in [7, 11) is 0. The summed E-state index contributed by atoms with van der Waals surface area (Å²) in [5.41, 5.74) is 0. The van der Waals surface area contributed by atoms with Gasteiger partial charge in [-0.3, -0.25) is 0 Å². The Morgan fingerprint density at radius 2 is 1.41 bits per heavy atom. The molecule has 122 valence electrons. The summed E-state index contributed by atoms with van der Waals surface area (Å²) in [6.07, 6.45) is 2.78. The van der Waals surface area contributed by atoms with Gasteiger partial charge < -0.3 is 18.9 Å². The fourth-order valence-electron chi connectivity index (χ4n) is 2.88. The molecule has 2 aliphatic heterocycles. The minimum absolute atomic E-state index is 0.239. The van der Waals surface area contributed by atoms with Gasteiger partial charge in [-0.05, 0) is 25.0 Å². The fraction of sp³-hybridized carbons (Fsp3) is 0.667. The van der Waals surface area contributed by atoms with Crippen molar-refractivity contribution >= 4 is 0 Å². The highest BCUT2D eigenvalue weighted by Crippen LogP contribution is 2.27. The maximum Gasteiger partial charge on any atom is 0.123 e. The molecule has 4 heteroatoms. The molecule has 0 bridgehead atoms. The quantitative estimate of drug-likeness (QED) is 0.738. The zero-order valence-corrected chi connectivity index (χ0v) is 13.5. The molecule has 0 spiro atoms. The minimum atomic E-state index is 0.239. The average molecular weight is 306 g/mol. The molecule has 4 nitrogen and oxygen atoms in total. The first-order valence-electron chi connectivity index (χ1n) is 8.39. The van der Waals surface area contributed by atoms with Crippen LogP contribution in [-0.2, 0) is 9.47 Å². The van der Waals surface area contributed by atoms with Crippen LogP contribution in [0.1, 0.15) is 26.7 Å². The Balaban J connectivity index is 1.45. The Labute approximate surface area is 132 Å². The second-order valence-corrected chi connectivity index (χ2v) is 6.18. The predicted molar refractivity (Wildman–Crippen MR) is 84.5 cm³/mol. The van der Waals surface area contributed by atoms with Crippen LogP contribution in [0.5, 0.6) is 11.5 Å². The SMILES string of the molecule is CCC1COC1COc1cccc(OCC2OCC2CC)c1. The highest BCUT2D eigenvalue weighted by atomic mass is 16.6. The maximum atomic E-state index is 5.84. The third kappa shape index (κ3) is 3.55. The van der Waals surface area contributed by atoms with Crippen molar-refractivity contribution in [2.45, 2.75) is 38.9 Å². The van der Waals surface area contributed by atoms with Gasteiger partial charge >= 0.3 is 0 Å². The third-order valence-electron chi connectivity index (χ3n) is 4.78. The normalized spacial score (nSPS) is 30.3. The van der Waals surface area contributed by atoms with E-state index in [0.717, 1.165) is 37.6 Å². The van der Waals surface area contributed by atoms with Crippen LogP contribution in [-0.4, -0.2) is 38.6 Å². The van der Waals surface area contributed by atoms with Crippen molar-refractivity contribution in [1.29, 1.82) is 0 Å². The van der Waals surface area contributed by atoms with Crippen LogP contribution < -0.4 is 9.47 Å². The number of benzene rings is 1. The van der Waals surface area contributed by atoms with Crippen LogP contribution in [0.25, 0.3) is 0 Å². The van der Waals surface area contributed by atoms with Crippen LogP contribution in [0.15, 0.2) is 24.3 Å². The molecule has 22 heavy (non-hydrogen) atoms. The van der Waals surface area contributed by atoms with Gasteiger partial charge in [0.2, 0.25) is 0 Å². The van der Waals surface area contributed by atoms with Crippen molar-refractivity contribution < 1.29 is 18.9 Å². The third-order valence-corrected chi connectivity index (χ3v) is 4.78. The van der Waals surface area contributed by atoms with Gasteiger partial charge in [0.05, 0.1) is 25.4 Å². The molecule has 4 atom stereocenters. The number of hydrogen-bond acceptors (Lipinski definition) is 4. The Kier molecular flexibility index (Phi) is 5.21. The Hall–Kier alpha value is -1.26. The Bertz CT molecular complexity index is 433. The molecule has 2 aliphatic rings. The lowest BCUT2D eigenvalue weighted by molar-refractivity contribution is -0.132. The number of rotatable bonds is 8. The number of ether oxygens (including phenoxy) is 4. The molecule has 0 amide bonds. The van der Waals surface area contributed by atoms with Gasteiger partial charge in [-0.25, -0.2) is 0 Å². The average Bonchev–Trinajstić information content (AvgIpc) is 2.47. The van der Waals surface area contributed by atoms with E-state index in [1.54, 1.807) is 0 Å². The van der Waals surface area contributed by atoms with E-state index in [2.05, 4.69) is 13.8 Å². The molecule has 0 aromatic heterocycles. The van der Waals surface area contributed by atoms with Crippen molar-refractivity contribution in [3.8, 4) is 11.5 Å². The molecule has 4 unspecified atom stereocenters. The summed E-state index contributed by atoms with van der Waals surface area (Å²) >= 11 is 0. The van der Waals surface area contributed by atoms with Gasteiger partial charge in [0.25, 0.3) is 0 Å². The van der Waals surface area contributed by atoms with Crippen LogP contribution in [0.2, 0.25) is 0 Å². The van der Waals surface area contributed by atoms with Crippen molar-refractivity contribution in [1.82, 2.24) is 0 Å². The van der Waals surface area contributed by atoms with Gasteiger partial charge in [-0.2, -0.15) is 0 Å².